The molecular formula is C23H24OSi. The van der Waals surface area contributed by atoms with Crippen molar-refractivity contribution in [2.45, 2.75) is 25.8 Å². The van der Waals surface area contributed by atoms with E-state index < -0.39 is 8.07 Å². The summed E-state index contributed by atoms with van der Waals surface area (Å²) in [6, 6.07) is 30.5. The molecule has 0 spiro atoms. The van der Waals surface area contributed by atoms with Gasteiger partial charge in [-0.05, 0) is 15.4 Å². The molecule has 0 aliphatic heterocycles. The van der Waals surface area contributed by atoms with E-state index >= 15 is 0 Å². The van der Waals surface area contributed by atoms with Gasteiger partial charge in [-0.3, -0.25) is 4.79 Å². The zero-order valence-electron chi connectivity index (χ0n) is 15.1. The van der Waals surface area contributed by atoms with Gasteiger partial charge >= 0.3 is 0 Å². The van der Waals surface area contributed by atoms with Crippen LogP contribution in [0.25, 0.3) is 0 Å². The predicted octanol–water partition coefficient (Wildman–Crippen LogP) is 4.47. The highest BCUT2D eigenvalue weighted by Gasteiger charge is 2.54. The molecule has 2 heteroatoms. The maximum Gasteiger partial charge on any atom is 0.205 e. The predicted molar refractivity (Wildman–Crippen MR) is 108 cm³/mol. The summed E-state index contributed by atoms with van der Waals surface area (Å²) in [5, 5.41) is 2.45. The van der Waals surface area contributed by atoms with Crippen LogP contribution in [0.1, 0.15) is 31.1 Å². The Balaban J connectivity index is 2.36. The van der Waals surface area contributed by atoms with Crippen molar-refractivity contribution in [3.05, 3.63) is 96.6 Å². The minimum atomic E-state index is -2.73. The van der Waals surface area contributed by atoms with Crippen molar-refractivity contribution in [3.8, 4) is 0 Å². The third kappa shape index (κ3) is 2.98. The van der Waals surface area contributed by atoms with Crippen molar-refractivity contribution < 1.29 is 4.79 Å². The van der Waals surface area contributed by atoms with Gasteiger partial charge in [0.25, 0.3) is 0 Å². The summed E-state index contributed by atoms with van der Waals surface area (Å²) < 4.78 is 0. The molecule has 0 aliphatic rings. The lowest BCUT2D eigenvalue weighted by molar-refractivity contribution is 0.106. The third-order valence-electron chi connectivity index (χ3n) is 4.92. The molecule has 0 radical (unpaired) electrons. The van der Waals surface area contributed by atoms with Gasteiger partial charge in [0.1, 0.15) is 0 Å². The maximum absolute atomic E-state index is 14.0. The second-order valence-electron chi connectivity index (χ2n) is 7.43. The first-order chi connectivity index (χ1) is 12.0. The molecule has 0 amide bonds. The molecule has 0 N–H and O–H groups in total. The van der Waals surface area contributed by atoms with Crippen LogP contribution < -0.4 is 10.4 Å². The van der Waals surface area contributed by atoms with Crippen LogP contribution >= 0.6 is 0 Å². The highest BCUT2D eigenvalue weighted by Crippen LogP contribution is 2.38. The molecule has 126 valence electrons. The van der Waals surface area contributed by atoms with Crippen molar-refractivity contribution in [2.24, 2.45) is 0 Å². The van der Waals surface area contributed by atoms with E-state index in [4.69, 9.17) is 0 Å². The summed E-state index contributed by atoms with van der Waals surface area (Å²) in [7, 11) is -2.73. The van der Waals surface area contributed by atoms with Crippen LogP contribution in [0.3, 0.4) is 0 Å². The summed E-state index contributed by atoms with van der Waals surface area (Å²) in [5.41, 5.74) is 0.803. The molecule has 25 heavy (non-hydrogen) atoms. The van der Waals surface area contributed by atoms with E-state index in [1.54, 1.807) is 0 Å². The lowest BCUT2D eigenvalue weighted by Gasteiger charge is -2.42. The molecule has 3 rings (SSSR count). The Kier molecular flexibility index (Phi) is 4.73. The van der Waals surface area contributed by atoms with E-state index in [0.29, 0.717) is 0 Å². The molecule has 3 aromatic carbocycles. The minimum absolute atomic E-state index is 0.164. The highest BCUT2D eigenvalue weighted by molar-refractivity contribution is 7.25. The second kappa shape index (κ2) is 6.81. The smallest absolute Gasteiger partial charge is 0.205 e. The van der Waals surface area contributed by atoms with E-state index in [-0.39, 0.29) is 10.4 Å². The van der Waals surface area contributed by atoms with E-state index in [9.17, 15) is 4.79 Å². The number of carbonyl (C=O) groups excluding carboxylic acids is 1. The van der Waals surface area contributed by atoms with E-state index in [1.807, 2.05) is 66.7 Å². The van der Waals surface area contributed by atoms with E-state index in [1.165, 1.54) is 10.4 Å². The molecule has 1 nitrogen and oxygen atoms in total. The monoisotopic (exact) mass is 344 g/mol. The summed E-state index contributed by atoms with van der Waals surface area (Å²) in [5.74, 6) is 0. The zero-order valence-corrected chi connectivity index (χ0v) is 16.1. The molecule has 0 heterocycles. The van der Waals surface area contributed by atoms with Crippen LogP contribution in [0.5, 0.6) is 0 Å². The van der Waals surface area contributed by atoms with Gasteiger partial charge in [0, 0.05) is 5.56 Å². The molecule has 0 unspecified atom stereocenters. The normalized spacial score (nSPS) is 12.0. The lowest BCUT2D eigenvalue weighted by atomic mass is 10.2. The highest BCUT2D eigenvalue weighted by atomic mass is 28.3. The number of hydrogen-bond acceptors (Lipinski definition) is 1. The number of hydrogen-bond donors (Lipinski definition) is 0. The fourth-order valence-corrected chi connectivity index (χ4v) is 9.07. The third-order valence-corrected chi connectivity index (χ3v) is 10.5. The first-order valence-corrected chi connectivity index (χ1v) is 10.7. The summed E-state index contributed by atoms with van der Waals surface area (Å²) in [6.45, 7) is 6.63. The fourth-order valence-electron chi connectivity index (χ4n) is 3.82. The van der Waals surface area contributed by atoms with Crippen LogP contribution in [-0.2, 0) is 0 Å². The van der Waals surface area contributed by atoms with Crippen molar-refractivity contribution in [1.82, 2.24) is 0 Å². The quantitative estimate of drug-likeness (QED) is 0.638. The van der Waals surface area contributed by atoms with Gasteiger partial charge in [0.05, 0.1) is 0 Å². The Bertz CT molecular complexity index is 794. The number of benzene rings is 3. The Morgan fingerprint density at radius 3 is 1.36 bits per heavy atom. The van der Waals surface area contributed by atoms with E-state index in [0.717, 1.165) is 5.56 Å². The maximum atomic E-state index is 14.0. The van der Waals surface area contributed by atoms with Crippen LogP contribution in [0.2, 0.25) is 5.04 Å². The first-order valence-electron chi connectivity index (χ1n) is 8.69. The Morgan fingerprint density at radius 1 is 0.640 bits per heavy atom. The average Bonchev–Trinajstić information content (AvgIpc) is 2.63. The molecule has 0 atom stereocenters. The first kappa shape index (κ1) is 17.4. The van der Waals surface area contributed by atoms with Gasteiger partial charge in [-0.2, -0.15) is 0 Å². The van der Waals surface area contributed by atoms with Crippen molar-refractivity contribution >= 4 is 23.9 Å². The van der Waals surface area contributed by atoms with Gasteiger partial charge < -0.3 is 0 Å². The molecule has 0 aliphatic carbocycles. The minimum Gasteiger partial charge on any atom is -0.299 e. The SMILES string of the molecule is CC(C)(C)[Si](C(=O)c1ccccc1)(c1ccccc1)c1ccccc1. The molecule has 0 aromatic heterocycles. The average molecular weight is 345 g/mol. The Hall–Kier alpha value is -2.45. The van der Waals surface area contributed by atoms with Gasteiger partial charge in [-0.15, -0.1) is 0 Å². The van der Waals surface area contributed by atoms with Crippen LogP contribution in [0, 0.1) is 0 Å². The Morgan fingerprint density at radius 2 is 1.00 bits per heavy atom. The van der Waals surface area contributed by atoms with Gasteiger partial charge in [0.15, 0.2) is 5.41 Å². The molecular weight excluding hydrogens is 320 g/mol. The molecule has 3 aromatic rings. The van der Waals surface area contributed by atoms with Crippen LogP contribution in [-0.4, -0.2) is 13.5 Å². The summed E-state index contributed by atoms with van der Waals surface area (Å²) in [4.78, 5) is 14.0. The van der Waals surface area contributed by atoms with Crippen molar-refractivity contribution in [2.75, 3.05) is 0 Å². The molecule has 0 bridgehead atoms. The lowest BCUT2D eigenvalue weighted by Crippen LogP contribution is -2.69. The molecule has 0 saturated carbocycles. The van der Waals surface area contributed by atoms with Gasteiger partial charge in [-0.25, -0.2) is 0 Å². The van der Waals surface area contributed by atoms with E-state index in [2.05, 4.69) is 45.0 Å². The van der Waals surface area contributed by atoms with Crippen molar-refractivity contribution in [3.63, 3.8) is 0 Å². The molecule has 0 fully saturated rings. The topological polar surface area (TPSA) is 17.1 Å². The Labute approximate surface area is 151 Å². The fraction of sp³-hybridized carbons (Fsp3) is 0.174. The van der Waals surface area contributed by atoms with Crippen LogP contribution in [0.4, 0.5) is 0 Å². The van der Waals surface area contributed by atoms with Crippen molar-refractivity contribution in [1.29, 1.82) is 0 Å². The zero-order chi connectivity index (χ0) is 17.9. The largest absolute Gasteiger partial charge is 0.299 e. The molecule has 0 saturated heterocycles. The summed E-state index contributed by atoms with van der Waals surface area (Å²) >= 11 is 0. The standard InChI is InChI=1S/C23H24OSi/c1-23(2,3)25(20-15-9-5-10-16-20,21-17-11-6-12-18-21)22(24)19-13-7-4-8-14-19/h4-18H,1-3H3. The van der Waals surface area contributed by atoms with Gasteiger partial charge in [-0.1, -0.05) is 112 Å². The van der Waals surface area contributed by atoms with Crippen LogP contribution in [0.15, 0.2) is 91.0 Å². The number of rotatable bonds is 4. The summed E-state index contributed by atoms with van der Waals surface area (Å²) in [6.07, 6.45) is 0. The van der Waals surface area contributed by atoms with Gasteiger partial charge in [0.2, 0.25) is 8.07 Å². The number of carbonyl (C=O) groups is 1. The second-order valence-corrected chi connectivity index (χ2v) is 12.0.